The third kappa shape index (κ3) is 5.69. The molecule has 1 heterocycles. The summed E-state index contributed by atoms with van der Waals surface area (Å²) in [6.07, 6.45) is 1.65. The van der Waals surface area contributed by atoms with Crippen LogP contribution >= 0.6 is 55.1 Å². The van der Waals surface area contributed by atoms with Gasteiger partial charge in [0.25, 0.3) is 5.91 Å². The van der Waals surface area contributed by atoms with E-state index in [-0.39, 0.29) is 17.1 Å². The molecule has 1 N–H and O–H groups in total. The molecule has 0 unspecified atom stereocenters. The molecule has 0 bridgehead atoms. The number of alkyl halides is 2. The normalized spacial score (nSPS) is 11.0. The van der Waals surface area contributed by atoms with Crippen molar-refractivity contribution in [3.63, 3.8) is 0 Å². The van der Waals surface area contributed by atoms with Gasteiger partial charge in [-0.2, -0.15) is 13.9 Å². The smallest absolute Gasteiger partial charge is 0.387 e. The van der Waals surface area contributed by atoms with Crippen molar-refractivity contribution < 1.29 is 18.3 Å². The van der Waals surface area contributed by atoms with Gasteiger partial charge in [-0.3, -0.25) is 9.48 Å². The highest BCUT2D eigenvalue weighted by atomic mass is 79.9. The molecule has 5 nitrogen and oxygen atoms in total. The molecule has 0 aliphatic rings. The van der Waals surface area contributed by atoms with Crippen LogP contribution in [0.5, 0.6) is 5.75 Å². The first-order valence-electron chi connectivity index (χ1n) is 7.95. The Labute approximate surface area is 191 Å². The van der Waals surface area contributed by atoms with Crippen LogP contribution in [0.15, 0.2) is 51.5 Å². The first-order valence-corrected chi connectivity index (χ1v) is 10.3. The molecule has 29 heavy (non-hydrogen) atoms. The van der Waals surface area contributed by atoms with Crippen LogP contribution in [0, 0.1) is 0 Å². The molecule has 0 saturated heterocycles. The molecule has 0 radical (unpaired) electrons. The number of benzene rings is 2. The second-order valence-electron chi connectivity index (χ2n) is 5.73. The lowest BCUT2D eigenvalue weighted by Crippen LogP contribution is -2.16. The first-order chi connectivity index (χ1) is 13.7. The second-order valence-corrected chi connectivity index (χ2v) is 8.35. The number of aromatic nitrogens is 2. The number of halogens is 6. The van der Waals surface area contributed by atoms with Crippen molar-refractivity contribution in [3.05, 3.63) is 72.7 Å². The van der Waals surface area contributed by atoms with Gasteiger partial charge in [-0.1, -0.05) is 45.2 Å². The third-order valence-corrected chi connectivity index (χ3v) is 5.36. The Morgan fingerprint density at radius 1 is 1.21 bits per heavy atom. The summed E-state index contributed by atoms with van der Waals surface area (Å²) in [4.78, 5) is 12.6. The lowest BCUT2D eigenvalue weighted by Gasteiger charge is -2.11. The Hall–Kier alpha value is -1.68. The molecule has 3 rings (SSSR count). The third-order valence-electron chi connectivity index (χ3n) is 3.70. The number of nitrogens with zero attached hydrogens (tertiary/aromatic N) is 2. The Morgan fingerprint density at radius 3 is 2.66 bits per heavy atom. The summed E-state index contributed by atoms with van der Waals surface area (Å²) in [6.45, 7) is -2.72. The topological polar surface area (TPSA) is 56.2 Å². The van der Waals surface area contributed by atoms with Gasteiger partial charge in [-0.05, 0) is 51.8 Å². The lowest BCUT2D eigenvalue weighted by molar-refractivity contribution is -0.0501. The fourth-order valence-corrected chi connectivity index (χ4v) is 3.68. The summed E-state index contributed by atoms with van der Waals surface area (Å²) in [5.41, 5.74) is 0.713. The van der Waals surface area contributed by atoms with Crippen molar-refractivity contribution >= 4 is 66.8 Å². The highest BCUT2D eigenvalue weighted by Gasteiger charge is 2.19. The van der Waals surface area contributed by atoms with Gasteiger partial charge >= 0.3 is 6.61 Å². The first kappa shape index (κ1) is 22.0. The Bertz CT molecular complexity index is 1060. The van der Waals surface area contributed by atoms with E-state index < -0.39 is 12.5 Å². The van der Waals surface area contributed by atoms with Gasteiger partial charge in [-0.25, -0.2) is 0 Å². The average molecular weight is 570 g/mol. The van der Waals surface area contributed by atoms with E-state index in [1.165, 1.54) is 18.2 Å². The Balaban J connectivity index is 1.81. The van der Waals surface area contributed by atoms with Crippen LogP contribution in [0.4, 0.5) is 14.6 Å². The summed E-state index contributed by atoms with van der Waals surface area (Å²) in [5, 5.41) is 7.87. The number of anilines is 1. The van der Waals surface area contributed by atoms with Crippen molar-refractivity contribution in [2.75, 3.05) is 5.32 Å². The van der Waals surface area contributed by atoms with Crippen molar-refractivity contribution in [2.45, 2.75) is 13.2 Å². The highest BCUT2D eigenvalue weighted by Crippen LogP contribution is 2.28. The summed E-state index contributed by atoms with van der Waals surface area (Å²) in [7, 11) is 0. The fourth-order valence-electron chi connectivity index (χ4n) is 2.44. The van der Waals surface area contributed by atoms with Crippen LogP contribution < -0.4 is 10.1 Å². The monoisotopic (exact) mass is 567 g/mol. The van der Waals surface area contributed by atoms with Crippen LogP contribution in [0.1, 0.15) is 15.9 Å². The Morgan fingerprint density at radius 2 is 1.97 bits per heavy atom. The molecule has 152 valence electrons. The maximum atomic E-state index is 12.6. The van der Waals surface area contributed by atoms with Crippen molar-refractivity contribution in [2.24, 2.45) is 0 Å². The summed E-state index contributed by atoms with van der Waals surface area (Å²) >= 11 is 18.6. The van der Waals surface area contributed by atoms with E-state index in [1.807, 2.05) is 0 Å². The predicted octanol–water partition coefficient (Wildman–Crippen LogP) is 6.62. The molecule has 0 spiro atoms. The maximum Gasteiger partial charge on any atom is 0.387 e. The minimum Gasteiger partial charge on any atom is -0.434 e. The van der Waals surface area contributed by atoms with Crippen molar-refractivity contribution in [1.29, 1.82) is 0 Å². The molecule has 0 fully saturated rings. The highest BCUT2D eigenvalue weighted by molar-refractivity contribution is 9.10. The molecule has 2 aromatic carbocycles. The molecular weight excluding hydrogens is 559 g/mol. The van der Waals surface area contributed by atoms with Gasteiger partial charge in [0.05, 0.1) is 16.6 Å². The van der Waals surface area contributed by atoms with Crippen LogP contribution in [0.25, 0.3) is 0 Å². The van der Waals surface area contributed by atoms with E-state index in [2.05, 4.69) is 47.0 Å². The minimum atomic E-state index is -3.06. The number of carbonyl (C=O) groups is 1. The maximum absolute atomic E-state index is 12.6. The molecule has 11 heteroatoms. The van der Waals surface area contributed by atoms with Gasteiger partial charge in [0.15, 0.2) is 5.82 Å². The second kappa shape index (κ2) is 9.42. The molecule has 3 aromatic rings. The zero-order chi connectivity index (χ0) is 21.1. The number of amides is 1. The number of hydrogen-bond acceptors (Lipinski definition) is 3. The number of carbonyl (C=O) groups excluding carboxylic acids is 1. The molecule has 1 aromatic heterocycles. The van der Waals surface area contributed by atoms with Crippen LogP contribution in [-0.2, 0) is 6.54 Å². The van der Waals surface area contributed by atoms with Crippen molar-refractivity contribution in [3.8, 4) is 5.75 Å². The summed E-state index contributed by atoms with van der Waals surface area (Å²) in [5.74, 6) is -0.690. The SMILES string of the molecule is O=C(Nc1nn(Cc2ccc(Cl)cc2Cl)cc1Br)c1cc(Br)ccc1OC(F)F. The molecule has 0 aliphatic heterocycles. The van der Waals surface area contributed by atoms with E-state index >= 15 is 0 Å². The van der Waals surface area contributed by atoms with E-state index in [0.29, 0.717) is 25.5 Å². The molecular formula is C18H11Br2Cl2F2N3O2. The van der Waals surface area contributed by atoms with E-state index in [9.17, 15) is 13.6 Å². The number of rotatable bonds is 6. The summed E-state index contributed by atoms with van der Waals surface area (Å²) < 4.78 is 32.2. The van der Waals surface area contributed by atoms with E-state index in [4.69, 9.17) is 23.2 Å². The summed E-state index contributed by atoms with van der Waals surface area (Å²) in [6, 6.07) is 9.26. The predicted molar refractivity (Wildman–Crippen MR) is 114 cm³/mol. The number of hydrogen-bond donors (Lipinski definition) is 1. The van der Waals surface area contributed by atoms with E-state index in [1.54, 1.807) is 29.1 Å². The minimum absolute atomic E-state index is 0.0677. The van der Waals surface area contributed by atoms with Gasteiger partial charge in [0.2, 0.25) is 0 Å². The number of nitrogens with one attached hydrogen (secondary N) is 1. The van der Waals surface area contributed by atoms with Crippen LogP contribution in [0.2, 0.25) is 10.0 Å². The molecule has 0 aliphatic carbocycles. The Kier molecular flexibility index (Phi) is 7.15. The zero-order valence-corrected chi connectivity index (χ0v) is 19.0. The van der Waals surface area contributed by atoms with E-state index in [0.717, 1.165) is 5.56 Å². The quantitative estimate of drug-likeness (QED) is 0.363. The molecule has 0 saturated carbocycles. The van der Waals surface area contributed by atoms with Gasteiger partial charge in [-0.15, -0.1) is 0 Å². The largest absolute Gasteiger partial charge is 0.434 e. The van der Waals surface area contributed by atoms with Crippen molar-refractivity contribution in [1.82, 2.24) is 9.78 Å². The van der Waals surface area contributed by atoms with Crippen LogP contribution in [-0.4, -0.2) is 22.3 Å². The van der Waals surface area contributed by atoms with Gasteiger partial charge in [0.1, 0.15) is 5.75 Å². The molecule has 1 amide bonds. The molecule has 0 atom stereocenters. The zero-order valence-electron chi connectivity index (χ0n) is 14.3. The van der Waals surface area contributed by atoms with Gasteiger partial charge in [0, 0.05) is 20.7 Å². The number of ether oxygens (including phenoxy) is 1. The average Bonchev–Trinajstić information content (AvgIpc) is 2.97. The van der Waals surface area contributed by atoms with Crippen LogP contribution in [0.3, 0.4) is 0 Å². The van der Waals surface area contributed by atoms with Gasteiger partial charge < -0.3 is 10.1 Å². The standard InChI is InChI=1S/C18H11Br2Cl2F2N3O2/c19-10-2-4-15(29-18(23)24)12(5-10)17(28)25-16-13(20)8-27(26-16)7-9-1-3-11(21)6-14(9)22/h1-6,8,18H,7H2,(H,25,26,28). The fraction of sp³-hybridized carbons (Fsp3) is 0.111. The lowest BCUT2D eigenvalue weighted by atomic mass is 10.2.